The minimum Gasteiger partial charge on any atom is -0.490 e. The fraction of sp³-hybridized carbons (Fsp3) is 0.500. The lowest BCUT2D eigenvalue weighted by molar-refractivity contribution is -0.134. The second-order valence-corrected chi connectivity index (χ2v) is 10.7. The van der Waals surface area contributed by atoms with E-state index in [4.69, 9.17) is 14.2 Å². The zero-order valence-corrected chi connectivity index (χ0v) is 22.6. The normalized spacial score (nSPS) is 24.3. The van der Waals surface area contributed by atoms with E-state index in [1.54, 1.807) is 30.1 Å². The van der Waals surface area contributed by atoms with Crippen molar-refractivity contribution in [1.82, 2.24) is 10.2 Å². The summed E-state index contributed by atoms with van der Waals surface area (Å²) in [6.45, 7) is 3.40. The van der Waals surface area contributed by atoms with Crippen LogP contribution in [0.2, 0.25) is 0 Å². The van der Waals surface area contributed by atoms with Gasteiger partial charge in [-0.15, -0.1) is 0 Å². The first kappa shape index (κ1) is 27.1. The minimum absolute atomic E-state index is 0.0557. The quantitative estimate of drug-likeness (QED) is 0.584. The zero-order valence-electron chi connectivity index (χ0n) is 22.6. The van der Waals surface area contributed by atoms with Crippen molar-refractivity contribution in [2.75, 3.05) is 32.2 Å². The van der Waals surface area contributed by atoms with Gasteiger partial charge in [-0.2, -0.15) is 0 Å². The molecule has 0 radical (unpaired) electrons. The molecule has 0 aliphatic carbocycles. The van der Waals surface area contributed by atoms with Gasteiger partial charge in [0.2, 0.25) is 11.8 Å². The molecule has 3 heterocycles. The average molecular weight is 536 g/mol. The third-order valence-corrected chi connectivity index (χ3v) is 7.96. The Balaban J connectivity index is 1.21. The highest BCUT2D eigenvalue weighted by Gasteiger charge is 2.39. The lowest BCUT2D eigenvalue weighted by Crippen LogP contribution is -2.54. The molecular weight excluding hydrogens is 498 g/mol. The fourth-order valence-electron chi connectivity index (χ4n) is 5.64. The first-order valence-electron chi connectivity index (χ1n) is 13.8. The van der Waals surface area contributed by atoms with Crippen LogP contribution in [0.1, 0.15) is 61.0 Å². The van der Waals surface area contributed by atoms with Gasteiger partial charge < -0.3 is 29.7 Å². The molecule has 0 saturated carbocycles. The maximum Gasteiger partial charge on any atom is 0.257 e. The number of amides is 3. The maximum atomic E-state index is 13.5. The molecular formula is C30H37N3O6. The van der Waals surface area contributed by atoms with Crippen LogP contribution in [-0.4, -0.2) is 67.7 Å². The molecule has 3 aliphatic rings. The topological polar surface area (TPSA) is 106 Å². The Morgan fingerprint density at radius 2 is 1.82 bits per heavy atom. The average Bonchev–Trinajstić information content (AvgIpc) is 2.96. The van der Waals surface area contributed by atoms with Gasteiger partial charge in [0.05, 0.1) is 30.2 Å². The van der Waals surface area contributed by atoms with Crippen molar-refractivity contribution in [1.29, 1.82) is 0 Å². The largest absolute Gasteiger partial charge is 0.490 e. The number of nitrogens with zero attached hydrogens (tertiary/aromatic N) is 1. The Bertz CT molecular complexity index is 1180. The van der Waals surface area contributed by atoms with Gasteiger partial charge in [-0.05, 0) is 56.4 Å². The second kappa shape index (κ2) is 12.2. The van der Waals surface area contributed by atoms with Crippen LogP contribution >= 0.6 is 0 Å². The minimum atomic E-state index is -0.349. The Kier molecular flexibility index (Phi) is 8.47. The molecule has 0 spiro atoms. The summed E-state index contributed by atoms with van der Waals surface area (Å²) in [6.07, 6.45) is 2.42. The van der Waals surface area contributed by atoms with Crippen molar-refractivity contribution < 1.29 is 28.6 Å². The third kappa shape index (κ3) is 6.42. The molecule has 2 N–H and O–H groups in total. The number of benzene rings is 2. The van der Waals surface area contributed by atoms with E-state index in [0.29, 0.717) is 55.9 Å². The third-order valence-electron chi connectivity index (χ3n) is 7.96. The van der Waals surface area contributed by atoms with E-state index < -0.39 is 0 Å². The molecule has 4 atom stereocenters. The van der Waals surface area contributed by atoms with E-state index in [0.717, 1.165) is 5.56 Å². The van der Waals surface area contributed by atoms with E-state index >= 15 is 0 Å². The first-order chi connectivity index (χ1) is 18.9. The summed E-state index contributed by atoms with van der Waals surface area (Å²) in [6, 6.07) is 14.8. The molecule has 2 aromatic rings. The number of carbonyl (C=O) groups is 3. The summed E-state index contributed by atoms with van der Waals surface area (Å²) in [5.74, 6) is 0.0615. The molecule has 3 aliphatic heterocycles. The van der Waals surface area contributed by atoms with Crippen LogP contribution in [0.4, 0.5) is 5.69 Å². The van der Waals surface area contributed by atoms with Crippen molar-refractivity contribution in [3.63, 3.8) is 0 Å². The molecule has 208 valence electrons. The van der Waals surface area contributed by atoms with E-state index in [9.17, 15) is 14.4 Å². The molecule has 39 heavy (non-hydrogen) atoms. The van der Waals surface area contributed by atoms with Gasteiger partial charge in [0.15, 0.2) is 0 Å². The van der Waals surface area contributed by atoms with E-state index in [1.165, 1.54) is 0 Å². The predicted octanol–water partition coefficient (Wildman–Crippen LogP) is 3.70. The Hall–Kier alpha value is -3.43. The number of ether oxygens (including phenoxy) is 3. The van der Waals surface area contributed by atoms with Gasteiger partial charge in [0.1, 0.15) is 18.5 Å². The van der Waals surface area contributed by atoms with Gasteiger partial charge in [-0.25, -0.2) is 0 Å². The van der Waals surface area contributed by atoms with E-state index in [2.05, 4.69) is 10.6 Å². The van der Waals surface area contributed by atoms with Crippen LogP contribution in [0.15, 0.2) is 48.5 Å². The summed E-state index contributed by atoms with van der Waals surface area (Å²) in [5.41, 5.74) is 2.04. The monoisotopic (exact) mass is 535 g/mol. The molecule has 3 amide bonds. The van der Waals surface area contributed by atoms with Gasteiger partial charge in [0.25, 0.3) is 5.91 Å². The van der Waals surface area contributed by atoms with Crippen molar-refractivity contribution in [3.8, 4) is 5.75 Å². The molecule has 2 aromatic carbocycles. The molecule has 2 fully saturated rings. The number of nitrogens with one attached hydrogen (secondary N) is 2. The molecule has 0 aromatic heterocycles. The van der Waals surface area contributed by atoms with Gasteiger partial charge in [-0.1, -0.05) is 30.3 Å². The van der Waals surface area contributed by atoms with Gasteiger partial charge in [0, 0.05) is 31.9 Å². The van der Waals surface area contributed by atoms with Crippen molar-refractivity contribution in [2.24, 2.45) is 5.92 Å². The Morgan fingerprint density at radius 3 is 2.59 bits per heavy atom. The highest BCUT2D eigenvalue weighted by Crippen LogP contribution is 2.33. The van der Waals surface area contributed by atoms with Crippen LogP contribution in [0.3, 0.4) is 0 Å². The maximum absolute atomic E-state index is 13.5. The smallest absolute Gasteiger partial charge is 0.257 e. The summed E-state index contributed by atoms with van der Waals surface area (Å²) in [5, 5.41) is 6.01. The number of fused-ring (bicyclic) bond motifs is 2. The van der Waals surface area contributed by atoms with Gasteiger partial charge in [-0.3, -0.25) is 14.4 Å². The Morgan fingerprint density at radius 1 is 1.05 bits per heavy atom. The van der Waals surface area contributed by atoms with Crippen molar-refractivity contribution in [2.45, 2.75) is 63.3 Å². The van der Waals surface area contributed by atoms with Crippen molar-refractivity contribution >= 4 is 23.4 Å². The summed E-state index contributed by atoms with van der Waals surface area (Å²) in [4.78, 5) is 40.6. The van der Waals surface area contributed by atoms with Crippen molar-refractivity contribution in [3.05, 3.63) is 59.7 Å². The van der Waals surface area contributed by atoms with Gasteiger partial charge >= 0.3 is 0 Å². The predicted molar refractivity (Wildman–Crippen MR) is 146 cm³/mol. The number of anilines is 1. The number of carbonyl (C=O) groups excluding carboxylic acids is 3. The molecule has 5 rings (SSSR count). The highest BCUT2D eigenvalue weighted by atomic mass is 16.5. The molecule has 9 heteroatoms. The summed E-state index contributed by atoms with van der Waals surface area (Å²) < 4.78 is 17.7. The lowest BCUT2D eigenvalue weighted by atomic mass is 9.94. The lowest BCUT2D eigenvalue weighted by Gasteiger charge is -2.42. The first-order valence-corrected chi connectivity index (χ1v) is 13.8. The van der Waals surface area contributed by atoms with Crippen LogP contribution in [0, 0.1) is 5.92 Å². The van der Waals surface area contributed by atoms with Crippen LogP contribution in [0.25, 0.3) is 0 Å². The second-order valence-electron chi connectivity index (χ2n) is 10.7. The molecule has 9 nitrogen and oxygen atoms in total. The zero-order chi connectivity index (χ0) is 27.4. The molecule has 0 bridgehead atoms. The summed E-state index contributed by atoms with van der Waals surface area (Å²) in [7, 11) is 1.78. The number of likely N-dealkylation sites (N-methyl/N-ethyl adjacent to an activating group) is 1. The number of rotatable bonds is 6. The fourth-order valence-corrected chi connectivity index (χ4v) is 5.64. The number of hydrogen-bond donors (Lipinski definition) is 2. The van der Waals surface area contributed by atoms with E-state index in [-0.39, 0.29) is 61.0 Å². The van der Waals surface area contributed by atoms with Crippen LogP contribution in [0.5, 0.6) is 5.75 Å². The Labute approximate surface area is 229 Å². The molecule has 2 saturated heterocycles. The number of hydrogen-bond acceptors (Lipinski definition) is 6. The van der Waals surface area contributed by atoms with E-state index in [1.807, 2.05) is 37.3 Å². The summed E-state index contributed by atoms with van der Waals surface area (Å²) >= 11 is 0. The van der Waals surface area contributed by atoms with Crippen LogP contribution in [-0.2, 0) is 19.1 Å². The van der Waals surface area contributed by atoms with Crippen LogP contribution < -0.4 is 15.4 Å². The standard InChI is InChI=1S/C30H37N3O6/c1-19(20-6-4-3-5-7-20)31-28(34)17-23-9-10-25-27(39-23)18-38-26-11-8-22(16-24(26)30(36)33(25)2)32-29(35)21-12-14-37-15-13-21/h3-8,11,16,19,21,23,25,27H,9-10,12-15,17-18H2,1-2H3,(H,31,34)(H,32,35)/t19-,23-,25-,27-/m1/s1. The SMILES string of the molecule is C[C@@H](NC(=O)C[C@H]1CC[C@@H]2[C@@H](COc3ccc(NC(=O)C4CCOCC4)cc3C(=O)N2C)O1)c1ccccc1. The highest BCUT2D eigenvalue weighted by molar-refractivity contribution is 6.00. The molecule has 0 unspecified atom stereocenters.